The van der Waals surface area contributed by atoms with Crippen molar-refractivity contribution in [1.82, 2.24) is 29.7 Å². The minimum atomic E-state index is -2.83. The van der Waals surface area contributed by atoms with Crippen LogP contribution in [0.3, 0.4) is 0 Å². The number of halogens is 2. The minimum Gasteiger partial charge on any atom is -0.415 e. The van der Waals surface area contributed by atoms with Gasteiger partial charge in [-0.2, -0.15) is 8.78 Å². The van der Waals surface area contributed by atoms with E-state index in [9.17, 15) is 13.6 Å². The van der Waals surface area contributed by atoms with Crippen LogP contribution < -0.4 is 5.69 Å². The number of rotatable bonds is 5. The summed E-state index contributed by atoms with van der Waals surface area (Å²) in [6.45, 7) is 0.234. The summed E-state index contributed by atoms with van der Waals surface area (Å²) in [5, 5.41) is 8.04. The Hall–Kier alpha value is -4.60. The number of nitrogens with one attached hydrogen (secondary N) is 2. The molecule has 4 heterocycles. The van der Waals surface area contributed by atoms with Crippen molar-refractivity contribution in [1.29, 1.82) is 0 Å². The number of aromatic amines is 2. The summed E-state index contributed by atoms with van der Waals surface area (Å²) >= 11 is 0. The van der Waals surface area contributed by atoms with Crippen LogP contribution in [0.5, 0.6) is 0 Å². The van der Waals surface area contributed by atoms with Crippen LogP contribution in [-0.4, -0.2) is 29.7 Å². The summed E-state index contributed by atoms with van der Waals surface area (Å²) in [6, 6.07) is 17.3. The number of imidazole rings is 1. The number of benzene rings is 2. The lowest BCUT2D eigenvalue weighted by atomic mass is 10.0. The first-order chi connectivity index (χ1) is 16.6. The Bertz CT molecular complexity index is 1690. The summed E-state index contributed by atoms with van der Waals surface area (Å²) in [5.74, 6) is -0.778. The molecular weight excluding hydrogens is 442 g/mol. The van der Waals surface area contributed by atoms with Gasteiger partial charge in [0.05, 0.1) is 28.8 Å². The van der Waals surface area contributed by atoms with Crippen LogP contribution in [0.25, 0.3) is 44.5 Å². The third kappa shape index (κ3) is 3.36. The van der Waals surface area contributed by atoms with E-state index in [1.807, 2.05) is 48.7 Å². The fourth-order valence-electron chi connectivity index (χ4n) is 4.07. The zero-order chi connectivity index (χ0) is 23.2. The van der Waals surface area contributed by atoms with Crippen molar-refractivity contribution < 1.29 is 13.2 Å². The van der Waals surface area contributed by atoms with Gasteiger partial charge in [-0.3, -0.25) is 9.55 Å². The quantitative estimate of drug-likeness (QED) is 0.382. The summed E-state index contributed by atoms with van der Waals surface area (Å²) in [7, 11) is 0. The summed E-state index contributed by atoms with van der Waals surface area (Å²) in [6.07, 6.45) is 0.520. The van der Waals surface area contributed by atoms with Gasteiger partial charge in [0, 0.05) is 23.3 Å². The van der Waals surface area contributed by atoms with Crippen molar-refractivity contribution in [2.45, 2.75) is 13.0 Å². The molecule has 0 unspecified atom stereocenters. The predicted octanol–water partition coefficient (Wildman–Crippen LogP) is 4.91. The van der Waals surface area contributed by atoms with E-state index in [1.165, 1.54) is 6.20 Å². The molecule has 0 saturated carbocycles. The molecule has 8 nitrogen and oxygen atoms in total. The molecule has 0 fully saturated rings. The number of nitrogens with zero attached hydrogens (tertiary/aromatic N) is 4. The average Bonchev–Trinajstić information content (AvgIpc) is 3.58. The SMILES string of the molecule is O=c1[nH]c2cc(-c3cccc4[nH]ccc34)ccc2n1Cc1ccc(-c2nnc(C(F)F)o2)cn1. The van der Waals surface area contributed by atoms with Crippen LogP contribution in [0, 0.1) is 0 Å². The van der Waals surface area contributed by atoms with Gasteiger partial charge in [0.25, 0.3) is 5.89 Å². The van der Waals surface area contributed by atoms with E-state index in [2.05, 4.69) is 25.1 Å². The van der Waals surface area contributed by atoms with Gasteiger partial charge in [0.15, 0.2) is 0 Å². The van der Waals surface area contributed by atoms with Crippen LogP contribution in [0.1, 0.15) is 18.0 Å². The number of alkyl halides is 2. The highest BCUT2D eigenvalue weighted by atomic mass is 19.3. The second kappa shape index (κ2) is 7.77. The van der Waals surface area contributed by atoms with E-state index in [-0.39, 0.29) is 18.1 Å². The maximum Gasteiger partial charge on any atom is 0.326 e. The molecule has 0 spiro atoms. The zero-order valence-electron chi connectivity index (χ0n) is 17.5. The van der Waals surface area contributed by atoms with Crippen LogP contribution >= 0.6 is 0 Å². The first kappa shape index (κ1) is 20.0. The molecule has 4 aromatic heterocycles. The predicted molar refractivity (Wildman–Crippen MR) is 121 cm³/mol. The minimum absolute atomic E-state index is 0.0383. The Morgan fingerprint density at radius 1 is 1.00 bits per heavy atom. The van der Waals surface area contributed by atoms with Crippen molar-refractivity contribution in [2.75, 3.05) is 0 Å². The molecule has 0 radical (unpaired) electrons. The normalized spacial score (nSPS) is 11.7. The highest BCUT2D eigenvalue weighted by Crippen LogP contribution is 2.30. The van der Waals surface area contributed by atoms with Gasteiger partial charge in [0.1, 0.15) is 0 Å². The van der Waals surface area contributed by atoms with Crippen molar-refractivity contribution in [2.24, 2.45) is 0 Å². The molecule has 2 aromatic carbocycles. The molecule has 10 heteroatoms. The summed E-state index contributed by atoms with van der Waals surface area (Å²) in [5.41, 5.74) is 5.36. The molecule has 0 bridgehead atoms. The fraction of sp³-hybridized carbons (Fsp3) is 0.0833. The van der Waals surface area contributed by atoms with Gasteiger partial charge in [-0.1, -0.05) is 18.2 Å². The number of aromatic nitrogens is 6. The first-order valence-corrected chi connectivity index (χ1v) is 10.4. The molecular formula is C24H16F2N6O2. The van der Waals surface area contributed by atoms with E-state index in [0.717, 1.165) is 33.1 Å². The number of H-pyrrole nitrogens is 2. The molecule has 0 aliphatic carbocycles. The monoisotopic (exact) mass is 458 g/mol. The fourth-order valence-corrected chi connectivity index (χ4v) is 4.07. The van der Waals surface area contributed by atoms with E-state index in [0.29, 0.717) is 11.3 Å². The molecule has 0 amide bonds. The molecule has 168 valence electrons. The van der Waals surface area contributed by atoms with Gasteiger partial charge >= 0.3 is 12.1 Å². The lowest BCUT2D eigenvalue weighted by Gasteiger charge is -2.06. The number of fused-ring (bicyclic) bond motifs is 2. The number of hydrogen-bond acceptors (Lipinski definition) is 5. The zero-order valence-corrected chi connectivity index (χ0v) is 17.5. The Kier molecular flexibility index (Phi) is 4.58. The summed E-state index contributed by atoms with van der Waals surface area (Å²) < 4.78 is 31.9. The van der Waals surface area contributed by atoms with Crippen molar-refractivity contribution in [3.05, 3.63) is 89.1 Å². The second-order valence-electron chi connectivity index (χ2n) is 7.78. The van der Waals surface area contributed by atoms with Crippen LogP contribution in [0.15, 0.2) is 76.2 Å². The maximum absolute atomic E-state index is 12.7. The van der Waals surface area contributed by atoms with E-state index in [1.54, 1.807) is 16.7 Å². The van der Waals surface area contributed by atoms with Gasteiger partial charge in [-0.05, 0) is 47.5 Å². The summed E-state index contributed by atoms with van der Waals surface area (Å²) in [4.78, 5) is 23.1. The number of pyridine rings is 1. The maximum atomic E-state index is 12.7. The third-order valence-corrected chi connectivity index (χ3v) is 5.70. The lowest BCUT2D eigenvalue weighted by Crippen LogP contribution is -2.17. The number of hydrogen-bond donors (Lipinski definition) is 2. The van der Waals surface area contributed by atoms with Crippen molar-refractivity contribution in [3.8, 4) is 22.6 Å². The van der Waals surface area contributed by atoms with Crippen molar-refractivity contribution >= 4 is 21.9 Å². The van der Waals surface area contributed by atoms with E-state index < -0.39 is 12.3 Å². The molecule has 6 aromatic rings. The van der Waals surface area contributed by atoms with E-state index in [4.69, 9.17) is 4.42 Å². The molecule has 0 aliphatic rings. The van der Waals surface area contributed by atoms with Gasteiger partial charge in [0.2, 0.25) is 5.89 Å². The van der Waals surface area contributed by atoms with Crippen LogP contribution in [0.4, 0.5) is 8.78 Å². The first-order valence-electron chi connectivity index (χ1n) is 10.4. The Labute approximate surface area is 189 Å². The molecule has 2 N–H and O–H groups in total. The van der Waals surface area contributed by atoms with Gasteiger partial charge in [-0.15, -0.1) is 10.2 Å². The topological polar surface area (TPSA) is 105 Å². The molecule has 6 rings (SSSR count). The van der Waals surface area contributed by atoms with E-state index >= 15 is 0 Å². The second-order valence-corrected chi connectivity index (χ2v) is 7.78. The smallest absolute Gasteiger partial charge is 0.326 e. The third-order valence-electron chi connectivity index (χ3n) is 5.70. The molecule has 0 atom stereocenters. The van der Waals surface area contributed by atoms with Gasteiger partial charge < -0.3 is 14.4 Å². The van der Waals surface area contributed by atoms with Crippen LogP contribution in [-0.2, 0) is 6.54 Å². The van der Waals surface area contributed by atoms with Crippen molar-refractivity contribution in [3.63, 3.8) is 0 Å². The highest BCUT2D eigenvalue weighted by Gasteiger charge is 2.17. The molecule has 0 aliphatic heterocycles. The average molecular weight is 458 g/mol. The van der Waals surface area contributed by atoms with Crippen LogP contribution in [0.2, 0.25) is 0 Å². The largest absolute Gasteiger partial charge is 0.415 e. The lowest BCUT2D eigenvalue weighted by molar-refractivity contribution is 0.116. The standard InChI is InChI=1S/C24H16F2N6O2/c25-21(26)23-31-30-22(34-23)14-4-6-15(28-11-14)12-32-20-7-5-13(10-19(20)29-24(32)33)16-2-1-3-18-17(16)8-9-27-18/h1-11,21,27H,12H2,(H,29,33). The Morgan fingerprint density at radius 2 is 1.88 bits per heavy atom. The highest BCUT2D eigenvalue weighted by molar-refractivity contribution is 5.96. The molecule has 34 heavy (non-hydrogen) atoms. The Morgan fingerprint density at radius 3 is 2.68 bits per heavy atom. The van der Waals surface area contributed by atoms with Gasteiger partial charge in [-0.25, -0.2) is 4.79 Å². The molecule has 0 saturated heterocycles. The Balaban J connectivity index is 1.31.